The maximum Gasteiger partial charge on any atom is 0.329 e. The molecule has 0 unspecified atom stereocenters. The van der Waals surface area contributed by atoms with Crippen molar-refractivity contribution in [3.63, 3.8) is 0 Å². The van der Waals surface area contributed by atoms with Crippen molar-refractivity contribution in [3.8, 4) is 0 Å². The van der Waals surface area contributed by atoms with Gasteiger partial charge in [0.05, 0.1) is 6.26 Å². The third-order valence-corrected chi connectivity index (χ3v) is 2.93. The Morgan fingerprint density at radius 3 is 2.53 bits per heavy atom. The number of hydrogen-bond acceptors (Lipinski definition) is 4. The Labute approximate surface area is 87.0 Å². The Hall–Kier alpha value is -1.57. The van der Waals surface area contributed by atoms with Crippen LogP contribution in [0.4, 0.5) is 0 Å². The van der Waals surface area contributed by atoms with Crippen molar-refractivity contribution in [1.29, 1.82) is 0 Å². The van der Waals surface area contributed by atoms with E-state index in [2.05, 4.69) is 4.98 Å². The molecule has 0 bridgehead atoms. The number of aliphatic carboxylic acids is 1. The summed E-state index contributed by atoms with van der Waals surface area (Å²) in [5, 5.41) is 8.77. The Bertz CT molecular complexity index is 439. The van der Waals surface area contributed by atoms with Crippen LogP contribution in [0.15, 0.2) is 18.7 Å². The van der Waals surface area contributed by atoms with Crippen LogP contribution in [-0.4, -0.2) is 41.5 Å². The summed E-state index contributed by atoms with van der Waals surface area (Å²) in [6.07, 6.45) is 4.89. The highest BCUT2D eigenvalue weighted by atomic mass is 32.2. The van der Waals surface area contributed by atoms with Gasteiger partial charge in [0.1, 0.15) is 6.33 Å². The summed E-state index contributed by atoms with van der Waals surface area (Å²) in [6.45, 7) is 1.28. The Kier molecular flexibility index (Phi) is 2.98. The first-order valence-electron chi connectivity index (χ1n) is 4.04. The molecule has 0 amide bonds. The number of rotatable bonds is 4. The summed E-state index contributed by atoms with van der Waals surface area (Å²) in [7, 11) is -3.66. The molecule has 0 saturated heterocycles. The van der Waals surface area contributed by atoms with Crippen LogP contribution in [-0.2, 0) is 14.8 Å². The summed E-state index contributed by atoms with van der Waals surface area (Å²) < 4.78 is 24.6. The average molecular weight is 233 g/mol. The van der Waals surface area contributed by atoms with E-state index in [1.165, 1.54) is 25.6 Å². The zero-order valence-electron chi connectivity index (χ0n) is 8.23. The van der Waals surface area contributed by atoms with Gasteiger partial charge in [0, 0.05) is 12.4 Å². The standard InChI is InChI=1S/C7H11N3O4S/c1-6(7(11)12)10(15(2,13)14)9-4-3-8-5-9/h3-6H,1-2H3,(H,11,12)/t6-/m1/s1. The van der Waals surface area contributed by atoms with Gasteiger partial charge in [0.15, 0.2) is 6.04 Å². The summed E-state index contributed by atoms with van der Waals surface area (Å²) >= 11 is 0. The second kappa shape index (κ2) is 3.89. The second-order valence-corrected chi connectivity index (χ2v) is 4.83. The van der Waals surface area contributed by atoms with Crippen molar-refractivity contribution in [1.82, 2.24) is 9.66 Å². The predicted molar refractivity (Wildman–Crippen MR) is 52.4 cm³/mol. The molecule has 15 heavy (non-hydrogen) atoms. The molecule has 0 aliphatic heterocycles. The maximum absolute atomic E-state index is 11.4. The quantitative estimate of drug-likeness (QED) is 0.739. The van der Waals surface area contributed by atoms with Gasteiger partial charge in [-0.2, -0.15) is 4.41 Å². The first kappa shape index (κ1) is 11.5. The van der Waals surface area contributed by atoms with E-state index in [0.29, 0.717) is 0 Å². The molecule has 7 nitrogen and oxygen atoms in total. The molecule has 1 N–H and O–H groups in total. The van der Waals surface area contributed by atoms with E-state index in [1.807, 2.05) is 0 Å². The van der Waals surface area contributed by atoms with Crippen LogP contribution in [0.2, 0.25) is 0 Å². The number of aromatic nitrogens is 2. The minimum atomic E-state index is -3.66. The molecule has 0 spiro atoms. The number of carbonyl (C=O) groups is 1. The maximum atomic E-state index is 11.4. The molecule has 1 aromatic rings. The van der Waals surface area contributed by atoms with Crippen LogP contribution in [0, 0.1) is 0 Å². The van der Waals surface area contributed by atoms with E-state index in [0.717, 1.165) is 15.3 Å². The Morgan fingerprint density at radius 2 is 2.20 bits per heavy atom. The molecule has 8 heteroatoms. The predicted octanol–water partition coefficient (Wildman–Crippen LogP) is -0.746. The fraction of sp³-hybridized carbons (Fsp3) is 0.429. The highest BCUT2D eigenvalue weighted by Crippen LogP contribution is 2.04. The summed E-state index contributed by atoms with van der Waals surface area (Å²) in [5.41, 5.74) is 0. The molecule has 0 saturated carbocycles. The average Bonchev–Trinajstić information content (AvgIpc) is 2.54. The first-order valence-corrected chi connectivity index (χ1v) is 5.89. The van der Waals surface area contributed by atoms with Gasteiger partial charge in [0.25, 0.3) is 0 Å². The zero-order valence-corrected chi connectivity index (χ0v) is 9.05. The number of hydrogen-bond donors (Lipinski definition) is 1. The molecular weight excluding hydrogens is 222 g/mol. The van der Waals surface area contributed by atoms with E-state index in [-0.39, 0.29) is 0 Å². The fourth-order valence-corrected chi connectivity index (χ4v) is 2.23. The van der Waals surface area contributed by atoms with Gasteiger partial charge in [-0.15, -0.1) is 0 Å². The van der Waals surface area contributed by atoms with Gasteiger partial charge in [-0.05, 0) is 6.92 Å². The number of carboxylic acids is 1. The largest absolute Gasteiger partial charge is 0.480 e. The first-order chi connectivity index (χ1) is 6.84. The Balaban J connectivity index is 3.17. The minimum absolute atomic E-state index is 0.738. The third-order valence-electron chi connectivity index (χ3n) is 1.75. The molecule has 1 heterocycles. The van der Waals surface area contributed by atoms with Crippen LogP contribution in [0.1, 0.15) is 6.92 Å². The molecule has 1 aromatic heterocycles. The van der Waals surface area contributed by atoms with Gasteiger partial charge in [0.2, 0.25) is 10.0 Å². The number of sulfonamides is 1. The van der Waals surface area contributed by atoms with Gasteiger partial charge in [-0.3, -0.25) is 0 Å². The molecule has 0 radical (unpaired) electrons. The monoisotopic (exact) mass is 233 g/mol. The lowest BCUT2D eigenvalue weighted by molar-refractivity contribution is -0.138. The van der Waals surface area contributed by atoms with Crippen LogP contribution in [0.3, 0.4) is 0 Å². The second-order valence-electron chi connectivity index (χ2n) is 2.99. The lowest BCUT2D eigenvalue weighted by Crippen LogP contribution is -2.49. The molecule has 0 aliphatic rings. The summed E-state index contributed by atoms with van der Waals surface area (Å²) in [6, 6.07) is -1.19. The van der Waals surface area contributed by atoms with Crippen molar-refractivity contribution >= 4 is 16.0 Å². The summed E-state index contributed by atoms with van der Waals surface area (Å²) in [5.74, 6) is -1.23. The van der Waals surface area contributed by atoms with Gasteiger partial charge in [-0.25, -0.2) is 22.9 Å². The molecule has 1 atom stereocenters. The summed E-state index contributed by atoms with van der Waals surface area (Å²) in [4.78, 5) is 14.4. The molecule has 0 fully saturated rings. The van der Waals surface area contributed by atoms with E-state index in [1.54, 1.807) is 0 Å². The van der Waals surface area contributed by atoms with Crippen molar-refractivity contribution in [3.05, 3.63) is 18.7 Å². The van der Waals surface area contributed by atoms with E-state index < -0.39 is 22.0 Å². The van der Waals surface area contributed by atoms with Gasteiger partial charge >= 0.3 is 5.97 Å². The number of carboxylic acid groups (broad SMARTS) is 1. The van der Waals surface area contributed by atoms with Crippen LogP contribution >= 0.6 is 0 Å². The lowest BCUT2D eigenvalue weighted by atomic mass is 10.4. The van der Waals surface area contributed by atoms with Crippen LogP contribution in [0.5, 0.6) is 0 Å². The molecule has 1 rings (SSSR count). The lowest BCUT2D eigenvalue weighted by Gasteiger charge is -2.26. The SMILES string of the molecule is C[C@H](C(=O)O)N(n1ccnc1)S(C)(=O)=O. The van der Waals surface area contributed by atoms with Crippen LogP contribution < -0.4 is 4.41 Å². The van der Waals surface area contributed by atoms with Crippen molar-refractivity contribution in [2.24, 2.45) is 0 Å². The smallest absolute Gasteiger partial charge is 0.329 e. The molecular formula is C7H11N3O4S. The normalized spacial score (nSPS) is 13.5. The van der Waals surface area contributed by atoms with Gasteiger partial charge in [-0.1, -0.05) is 0 Å². The minimum Gasteiger partial charge on any atom is -0.480 e. The van der Waals surface area contributed by atoms with Crippen molar-refractivity contribution in [2.75, 3.05) is 10.7 Å². The van der Waals surface area contributed by atoms with Crippen LogP contribution in [0.25, 0.3) is 0 Å². The third kappa shape index (κ3) is 2.46. The van der Waals surface area contributed by atoms with Crippen molar-refractivity contribution in [2.45, 2.75) is 13.0 Å². The highest BCUT2D eigenvalue weighted by molar-refractivity contribution is 7.91. The molecule has 84 valence electrons. The molecule has 0 aromatic carbocycles. The fourth-order valence-electron chi connectivity index (χ4n) is 1.12. The molecule has 0 aliphatic carbocycles. The van der Waals surface area contributed by atoms with E-state index >= 15 is 0 Å². The Morgan fingerprint density at radius 1 is 1.60 bits per heavy atom. The zero-order chi connectivity index (χ0) is 11.6. The van der Waals surface area contributed by atoms with Crippen molar-refractivity contribution < 1.29 is 18.3 Å². The number of nitrogens with zero attached hydrogens (tertiary/aromatic N) is 3. The topological polar surface area (TPSA) is 92.5 Å². The van der Waals surface area contributed by atoms with E-state index in [4.69, 9.17) is 5.11 Å². The van der Waals surface area contributed by atoms with Gasteiger partial charge < -0.3 is 5.11 Å². The van der Waals surface area contributed by atoms with E-state index in [9.17, 15) is 13.2 Å². The number of imidazole rings is 1. The highest BCUT2D eigenvalue weighted by Gasteiger charge is 2.28.